The second-order valence-electron chi connectivity index (χ2n) is 3.43. The van der Waals surface area contributed by atoms with Crippen molar-refractivity contribution >= 4 is 0 Å². The molecule has 0 amide bonds. The molecule has 0 aromatic carbocycles. The summed E-state index contributed by atoms with van der Waals surface area (Å²) in [5, 5.41) is 8.48. The molecular formula is C10H20O4. The molecule has 1 unspecified atom stereocenters. The van der Waals surface area contributed by atoms with Gasteiger partial charge in [-0.2, -0.15) is 0 Å². The maximum absolute atomic E-state index is 8.48. The first-order chi connectivity index (χ1) is 6.93. The molecule has 4 nitrogen and oxygen atoms in total. The van der Waals surface area contributed by atoms with E-state index in [0.29, 0.717) is 12.7 Å². The van der Waals surface area contributed by atoms with Gasteiger partial charge in [-0.1, -0.05) is 0 Å². The van der Waals surface area contributed by atoms with Gasteiger partial charge in [0.25, 0.3) is 0 Å². The highest BCUT2D eigenvalue weighted by molar-refractivity contribution is 4.66. The van der Waals surface area contributed by atoms with Crippen molar-refractivity contribution in [3.63, 3.8) is 0 Å². The summed E-state index contributed by atoms with van der Waals surface area (Å²) >= 11 is 0. The molecule has 1 atom stereocenters. The SMILES string of the molecule is OCCCOCCCCOCC1CO1. The van der Waals surface area contributed by atoms with Crippen LogP contribution in [-0.2, 0) is 14.2 Å². The molecule has 0 aromatic heterocycles. The van der Waals surface area contributed by atoms with Crippen molar-refractivity contribution in [1.29, 1.82) is 0 Å². The summed E-state index contributed by atoms with van der Waals surface area (Å²) < 4.78 is 15.6. The van der Waals surface area contributed by atoms with Crippen LogP contribution in [-0.4, -0.2) is 50.9 Å². The minimum absolute atomic E-state index is 0.213. The van der Waals surface area contributed by atoms with E-state index in [4.69, 9.17) is 19.3 Å². The number of aliphatic hydroxyl groups is 1. The predicted molar refractivity (Wildman–Crippen MR) is 52.3 cm³/mol. The van der Waals surface area contributed by atoms with Crippen molar-refractivity contribution in [3.05, 3.63) is 0 Å². The molecule has 14 heavy (non-hydrogen) atoms. The molecule has 4 heteroatoms. The minimum atomic E-state index is 0.213. The van der Waals surface area contributed by atoms with Crippen LogP contribution >= 0.6 is 0 Å². The zero-order valence-corrected chi connectivity index (χ0v) is 8.61. The van der Waals surface area contributed by atoms with Crippen LogP contribution in [0.2, 0.25) is 0 Å². The highest BCUT2D eigenvalue weighted by Gasteiger charge is 2.21. The Balaban J connectivity index is 1.63. The zero-order valence-electron chi connectivity index (χ0n) is 8.61. The highest BCUT2D eigenvalue weighted by Crippen LogP contribution is 2.08. The molecule has 1 heterocycles. The van der Waals surface area contributed by atoms with Crippen LogP contribution in [0.15, 0.2) is 0 Å². The van der Waals surface area contributed by atoms with E-state index in [1.165, 1.54) is 0 Å². The van der Waals surface area contributed by atoms with Crippen LogP contribution < -0.4 is 0 Å². The lowest BCUT2D eigenvalue weighted by atomic mass is 10.3. The molecular weight excluding hydrogens is 184 g/mol. The van der Waals surface area contributed by atoms with Gasteiger partial charge in [0.1, 0.15) is 6.10 Å². The molecule has 1 aliphatic heterocycles. The van der Waals surface area contributed by atoms with Gasteiger partial charge in [-0.15, -0.1) is 0 Å². The summed E-state index contributed by atoms with van der Waals surface area (Å²) in [4.78, 5) is 0. The Morgan fingerprint density at radius 1 is 1.07 bits per heavy atom. The maximum Gasteiger partial charge on any atom is 0.104 e. The molecule has 0 radical (unpaired) electrons. The number of epoxide rings is 1. The van der Waals surface area contributed by atoms with E-state index >= 15 is 0 Å². The number of rotatable bonds is 10. The lowest BCUT2D eigenvalue weighted by Gasteiger charge is -2.03. The molecule has 1 N–H and O–H groups in total. The van der Waals surface area contributed by atoms with Gasteiger partial charge in [0.15, 0.2) is 0 Å². The maximum atomic E-state index is 8.48. The Morgan fingerprint density at radius 2 is 1.71 bits per heavy atom. The van der Waals surface area contributed by atoms with Crippen LogP contribution in [0.25, 0.3) is 0 Å². The Labute approximate surface area is 85.2 Å². The third kappa shape index (κ3) is 7.26. The number of ether oxygens (including phenoxy) is 3. The van der Waals surface area contributed by atoms with Gasteiger partial charge in [0.2, 0.25) is 0 Å². The van der Waals surface area contributed by atoms with Gasteiger partial charge >= 0.3 is 0 Å². The second kappa shape index (κ2) is 8.17. The van der Waals surface area contributed by atoms with Crippen LogP contribution in [0, 0.1) is 0 Å². The summed E-state index contributed by atoms with van der Waals surface area (Å²) in [6.07, 6.45) is 3.16. The average Bonchev–Trinajstić information content (AvgIpc) is 2.99. The molecule has 0 saturated carbocycles. The Kier molecular flexibility index (Phi) is 6.95. The third-order valence-electron chi connectivity index (χ3n) is 1.98. The van der Waals surface area contributed by atoms with Gasteiger partial charge in [-0.05, 0) is 19.3 Å². The van der Waals surface area contributed by atoms with Crippen molar-refractivity contribution in [2.24, 2.45) is 0 Å². The summed E-state index contributed by atoms with van der Waals surface area (Å²) in [6.45, 7) is 4.04. The van der Waals surface area contributed by atoms with Crippen molar-refractivity contribution in [2.45, 2.75) is 25.4 Å². The van der Waals surface area contributed by atoms with Gasteiger partial charge in [0.05, 0.1) is 13.2 Å². The molecule has 0 spiro atoms. The number of hydrogen-bond acceptors (Lipinski definition) is 4. The molecule has 1 fully saturated rings. The standard InChI is InChI=1S/C10H20O4/c11-4-3-7-12-5-1-2-6-13-8-10-9-14-10/h10-11H,1-9H2. The van der Waals surface area contributed by atoms with Gasteiger partial charge < -0.3 is 19.3 Å². The summed E-state index contributed by atoms with van der Waals surface area (Å²) in [5.41, 5.74) is 0. The van der Waals surface area contributed by atoms with Crippen LogP contribution in [0.4, 0.5) is 0 Å². The van der Waals surface area contributed by atoms with Crippen LogP contribution in [0.3, 0.4) is 0 Å². The quantitative estimate of drug-likeness (QED) is 0.418. The van der Waals surface area contributed by atoms with Crippen molar-refractivity contribution in [3.8, 4) is 0 Å². The largest absolute Gasteiger partial charge is 0.396 e. The van der Waals surface area contributed by atoms with Crippen molar-refractivity contribution in [2.75, 3.05) is 39.6 Å². The van der Waals surface area contributed by atoms with Gasteiger partial charge in [0, 0.05) is 26.4 Å². The predicted octanol–water partition coefficient (Wildman–Crippen LogP) is 0.581. The van der Waals surface area contributed by atoms with E-state index in [0.717, 1.165) is 45.7 Å². The van der Waals surface area contributed by atoms with E-state index < -0.39 is 0 Å². The fraction of sp³-hybridized carbons (Fsp3) is 1.00. The van der Waals surface area contributed by atoms with Gasteiger partial charge in [-0.25, -0.2) is 0 Å². The van der Waals surface area contributed by atoms with Crippen molar-refractivity contribution < 1.29 is 19.3 Å². The highest BCUT2D eigenvalue weighted by atomic mass is 16.6. The Bertz CT molecular complexity index is 125. The molecule has 0 aliphatic carbocycles. The fourth-order valence-electron chi connectivity index (χ4n) is 1.06. The number of unbranched alkanes of at least 4 members (excludes halogenated alkanes) is 1. The molecule has 0 aromatic rings. The average molecular weight is 204 g/mol. The smallest absolute Gasteiger partial charge is 0.104 e. The van der Waals surface area contributed by atoms with E-state index in [9.17, 15) is 0 Å². The summed E-state index contributed by atoms with van der Waals surface area (Å²) in [6, 6.07) is 0. The number of aliphatic hydroxyl groups excluding tert-OH is 1. The molecule has 1 rings (SSSR count). The lowest BCUT2D eigenvalue weighted by Crippen LogP contribution is -2.04. The van der Waals surface area contributed by atoms with Crippen molar-refractivity contribution in [1.82, 2.24) is 0 Å². The Morgan fingerprint density at radius 3 is 2.36 bits per heavy atom. The van der Waals surface area contributed by atoms with Gasteiger partial charge in [-0.3, -0.25) is 0 Å². The van der Waals surface area contributed by atoms with Crippen LogP contribution in [0.1, 0.15) is 19.3 Å². The fourth-order valence-corrected chi connectivity index (χ4v) is 1.06. The first kappa shape index (κ1) is 11.9. The Hall–Kier alpha value is -0.160. The topological polar surface area (TPSA) is 51.2 Å². The van der Waals surface area contributed by atoms with E-state index in [2.05, 4.69) is 0 Å². The lowest BCUT2D eigenvalue weighted by molar-refractivity contribution is 0.0888. The summed E-state index contributed by atoms with van der Waals surface area (Å²) in [5.74, 6) is 0. The normalized spacial score (nSPS) is 19.9. The summed E-state index contributed by atoms with van der Waals surface area (Å²) in [7, 11) is 0. The third-order valence-corrected chi connectivity index (χ3v) is 1.98. The monoisotopic (exact) mass is 204 g/mol. The number of hydrogen-bond donors (Lipinski definition) is 1. The van der Waals surface area contributed by atoms with E-state index in [-0.39, 0.29) is 6.61 Å². The molecule has 1 saturated heterocycles. The van der Waals surface area contributed by atoms with E-state index in [1.54, 1.807) is 0 Å². The van der Waals surface area contributed by atoms with E-state index in [1.807, 2.05) is 0 Å². The molecule has 1 aliphatic rings. The minimum Gasteiger partial charge on any atom is -0.396 e. The van der Waals surface area contributed by atoms with Crippen LogP contribution in [0.5, 0.6) is 0 Å². The second-order valence-corrected chi connectivity index (χ2v) is 3.43. The molecule has 0 bridgehead atoms. The first-order valence-corrected chi connectivity index (χ1v) is 5.31. The zero-order chi connectivity index (χ0) is 10.1. The molecule has 84 valence electrons. The first-order valence-electron chi connectivity index (χ1n) is 5.31.